The van der Waals surface area contributed by atoms with Gasteiger partial charge in [0.15, 0.2) is 0 Å². The highest BCUT2D eigenvalue weighted by Gasteiger charge is 2.08. The second-order valence-corrected chi connectivity index (χ2v) is 3.12. The summed E-state index contributed by atoms with van der Waals surface area (Å²) < 4.78 is 0. The lowest BCUT2D eigenvalue weighted by Crippen LogP contribution is -2.25. The van der Waals surface area contributed by atoms with Crippen LogP contribution in [-0.2, 0) is 0 Å². The molecule has 0 aliphatic heterocycles. The molecule has 1 aromatic carbocycles. The minimum absolute atomic E-state index is 0.0725. The Bertz CT molecular complexity index is 267. The van der Waals surface area contributed by atoms with Crippen molar-refractivity contribution in [2.75, 3.05) is 31.4 Å². The lowest BCUT2D eigenvalue weighted by molar-refractivity contribution is 0.615. The van der Waals surface area contributed by atoms with Crippen molar-refractivity contribution in [3.63, 3.8) is 0 Å². The normalized spacial score (nSPS) is 9.54. The van der Waals surface area contributed by atoms with Gasteiger partial charge in [-0.05, 0) is 11.5 Å². The van der Waals surface area contributed by atoms with Gasteiger partial charge >= 0.3 is 7.48 Å². The Balaban J connectivity index is 3.21. The molecule has 1 aromatic rings. The predicted octanol–water partition coefficient (Wildman–Crippen LogP) is -0.237. The van der Waals surface area contributed by atoms with Gasteiger partial charge in [-0.25, -0.2) is 0 Å². The fourth-order valence-corrected chi connectivity index (χ4v) is 1.45. The number of para-hydroxylation sites is 1. The molecule has 1 rings (SSSR count). The van der Waals surface area contributed by atoms with E-state index in [1.807, 2.05) is 44.2 Å². The summed E-state index contributed by atoms with van der Waals surface area (Å²) in [4.78, 5) is 2.00. The van der Waals surface area contributed by atoms with E-state index in [1.165, 1.54) is 0 Å². The second-order valence-electron chi connectivity index (χ2n) is 3.12. The van der Waals surface area contributed by atoms with Crippen LogP contribution >= 0.6 is 0 Å². The van der Waals surface area contributed by atoms with Crippen molar-refractivity contribution < 1.29 is 5.02 Å². The molecule has 0 aromatic heterocycles. The van der Waals surface area contributed by atoms with Crippen LogP contribution in [0.4, 0.5) is 11.4 Å². The number of benzene rings is 1. The summed E-state index contributed by atoms with van der Waals surface area (Å²) in [5.74, 6) is 0. The van der Waals surface area contributed by atoms with E-state index < -0.39 is 0 Å². The SMILES string of the molecule is CNc1cccc(BO)c1N(C)C. The smallest absolute Gasteiger partial charge is 0.306 e. The van der Waals surface area contributed by atoms with Gasteiger partial charge in [0, 0.05) is 21.1 Å². The number of nitrogens with one attached hydrogen (secondary N) is 1. The van der Waals surface area contributed by atoms with Gasteiger partial charge in [-0.1, -0.05) is 12.1 Å². The third kappa shape index (κ3) is 1.95. The summed E-state index contributed by atoms with van der Waals surface area (Å²) in [6.45, 7) is 0. The Morgan fingerprint density at radius 1 is 1.38 bits per heavy atom. The standard InChI is InChI=1S/C9H15BN2O/c1-11-8-6-4-5-7(10-13)9(8)12(2)3/h4-6,10-11,13H,1-3H3. The van der Waals surface area contributed by atoms with Crippen LogP contribution in [0.5, 0.6) is 0 Å². The van der Waals surface area contributed by atoms with E-state index in [1.54, 1.807) is 0 Å². The molecule has 2 N–H and O–H groups in total. The van der Waals surface area contributed by atoms with E-state index >= 15 is 0 Å². The minimum Gasteiger partial charge on any atom is -0.449 e. The van der Waals surface area contributed by atoms with E-state index in [4.69, 9.17) is 5.02 Å². The van der Waals surface area contributed by atoms with Gasteiger partial charge in [0.05, 0.1) is 11.4 Å². The molecular weight excluding hydrogens is 163 g/mol. The van der Waals surface area contributed by atoms with Crippen molar-refractivity contribution >= 4 is 24.3 Å². The highest BCUT2D eigenvalue weighted by Crippen LogP contribution is 2.20. The van der Waals surface area contributed by atoms with Gasteiger partial charge < -0.3 is 15.2 Å². The molecular formula is C9H15BN2O. The molecule has 0 bridgehead atoms. The van der Waals surface area contributed by atoms with E-state index in [0.29, 0.717) is 0 Å². The average molecular weight is 178 g/mol. The molecule has 4 heteroatoms. The fraction of sp³-hybridized carbons (Fsp3) is 0.333. The molecule has 0 spiro atoms. The van der Waals surface area contributed by atoms with E-state index in [9.17, 15) is 0 Å². The Morgan fingerprint density at radius 2 is 2.08 bits per heavy atom. The first-order chi connectivity index (χ1) is 6.20. The Kier molecular flexibility index (Phi) is 3.20. The van der Waals surface area contributed by atoms with Gasteiger partial charge in [-0.3, -0.25) is 0 Å². The van der Waals surface area contributed by atoms with Crippen LogP contribution in [0.3, 0.4) is 0 Å². The molecule has 0 aliphatic rings. The summed E-state index contributed by atoms with van der Waals surface area (Å²) in [7, 11) is 5.89. The zero-order valence-electron chi connectivity index (χ0n) is 8.33. The number of nitrogens with zero attached hydrogens (tertiary/aromatic N) is 1. The molecule has 3 nitrogen and oxygen atoms in total. The van der Waals surface area contributed by atoms with Crippen molar-refractivity contribution in [1.29, 1.82) is 0 Å². The van der Waals surface area contributed by atoms with Gasteiger partial charge in [0.1, 0.15) is 0 Å². The van der Waals surface area contributed by atoms with E-state index in [0.717, 1.165) is 16.8 Å². The number of hydrogen-bond donors (Lipinski definition) is 2. The molecule has 0 unspecified atom stereocenters. The highest BCUT2D eigenvalue weighted by atomic mass is 16.2. The van der Waals surface area contributed by atoms with Crippen LogP contribution in [0.25, 0.3) is 0 Å². The van der Waals surface area contributed by atoms with Crippen molar-refractivity contribution in [1.82, 2.24) is 0 Å². The van der Waals surface area contributed by atoms with Gasteiger partial charge in [0.25, 0.3) is 0 Å². The molecule has 0 saturated carbocycles. The summed E-state index contributed by atoms with van der Waals surface area (Å²) in [5, 5.41) is 12.2. The van der Waals surface area contributed by atoms with Crippen molar-refractivity contribution in [2.24, 2.45) is 0 Å². The maximum atomic E-state index is 9.13. The zero-order chi connectivity index (χ0) is 9.84. The molecule has 0 amide bonds. The van der Waals surface area contributed by atoms with E-state index in [2.05, 4.69) is 5.32 Å². The lowest BCUT2D eigenvalue weighted by Gasteiger charge is -2.20. The first kappa shape index (κ1) is 9.93. The predicted molar refractivity (Wildman–Crippen MR) is 59.3 cm³/mol. The Labute approximate surface area is 79.7 Å². The Hall–Kier alpha value is -1.16. The molecule has 70 valence electrons. The molecule has 0 aliphatic carbocycles. The summed E-state index contributed by atoms with van der Waals surface area (Å²) >= 11 is 0. The van der Waals surface area contributed by atoms with Crippen LogP contribution in [0.1, 0.15) is 0 Å². The van der Waals surface area contributed by atoms with Crippen LogP contribution < -0.4 is 15.7 Å². The van der Waals surface area contributed by atoms with Crippen molar-refractivity contribution in [3.8, 4) is 0 Å². The maximum absolute atomic E-state index is 9.13. The molecule has 0 radical (unpaired) electrons. The topological polar surface area (TPSA) is 35.5 Å². The van der Waals surface area contributed by atoms with Crippen molar-refractivity contribution in [3.05, 3.63) is 18.2 Å². The third-order valence-corrected chi connectivity index (χ3v) is 2.01. The quantitative estimate of drug-likeness (QED) is 0.627. The molecule has 13 heavy (non-hydrogen) atoms. The van der Waals surface area contributed by atoms with Gasteiger partial charge in [-0.2, -0.15) is 0 Å². The minimum atomic E-state index is 0.0725. The van der Waals surface area contributed by atoms with E-state index in [-0.39, 0.29) is 7.48 Å². The first-order valence-electron chi connectivity index (χ1n) is 4.28. The van der Waals surface area contributed by atoms with Gasteiger partial charge in [-0.15, -0.1) is 0 Å². The third-order valence-electron chi connectivity index (χ3n) is 2.01. The van der Waals surface area contributed by atoms with Crippen LogP contribution in [-0.4, -0.2) is 33.6 Å². The molecule has 0 atom stereocenters. The number of hydrogen-bond acceptors (Lipinski definition) is 3. The van der Waals surface area contributed by atoms with Crippen LogP contribution in [0, 0.1) is 0 Å². The molecule has 0 saturated heterocycles. The largest absolute Gasteiger partial charge is 0.449 e. The van der Waals surface area contributed by atoms with Crippen LogP contribution in [0.2, 0.25) is 0 Å². The van der Waals surface area contributed by atoms with Crippen LogP contribution in [0.15, 0.2) is 18.2 Å². The first-order valence-corrected chi connectivity index (χ1v) is 4.28. The summed E-state index contributed by atoms with van der Waals surface area (Å²) in [6.07, 6.45) is 0. The summed E-state index contributed by atoms with van der Waals surface area (Å²) in [5.41, 5.74) is 3.03. The monoisotopic (exact) mass is 178 g/mol. The van der Waals surface area contributed by atoms with Crippen molar-refractivity contribution in [2.45, 2.75) is 0 Å². The average Bonchev–Trinajstić information content (AvgIpc) is 2.16. The fourth-order valence-electron chi connectivity index (χ4n) is 1.45. The Morgan fingerprint density at radius 3 is 2.54 bits per heavy atom. The lowest BCUT2D eigenvalue weighted by atomic mass is 9.86. The second kappa shape index (κ2) is 4.19. The number of rotatable bonds is 3. The summed E-state index contributed by atoms with van der Waals surface area (Å²) in [6, 6.07) is 5.86. The number of anilines is 2. The highest BCUT2D eigenvalue weighted by molar-refractivity contribution is 6.48. The molecule has 0 heterocycles. The van der Waals surface area contributed by atoms with Gasteiger partial charge in [0.2, 0.25) is 0 Å². The zero-order valence-corrected chi connectivity index (χ0v) is 8.33. The molecule has 0 fully saturated rings. The maximum Gasteiger partial charge on any atom is 0.306 e.